The van der Waals surface area contributed by atoms with Crippen molar-refractivity contribution in [3.8, 4) is 5.75 Å². The number of carbonyl (C=O) groups is 2. The molecule has 1 amide bonds. The van der Waals surface area contributed by atoms with Gasteiger partial charge in [-0.3, -0.25) is 20.2 Å². The number of rotatable bonds is 11. The van der Waals surface area contributed by atoms with Gasteiger partial charge in [-0.1, -0.05) is 36.4 Å². The van der Waals surface area contributed by atoms with E-state index in [0.717, 1.165) is 12.1 Å². The van der Waals surface area contributed by atoms with E-state index in [0.29, 0.717) is 46.9 Å². The molecule has 11 nitrogen and oxygen atoms in total. The third-order valence-electron chi connectivity index (χ3n) is 6.75. The van der Waals surface area contributed by atoms with Crippen LogP contribution in [-0.2, 0) is 16.1 Å². The van der Waals surface area contributed by atoms with Crippen molar-refractivity contribution in [2.24, 2.45) is 0 Å². The number of nitrogens with one attached hydrogen (secondary N) is 3. The maximum Gasteiger partial charge on any atom is 0.351 e. The molecule has 0 fully saturated rings. The molecule has 1 unspecified atom stereocenters. The second-order valence-electron chi connectivity index (χ2n) is 9.85. The normalized spacial score (nSPS) is 14.2. The van der Waals surface area contributed by atoms with Gasteiger partial charge in [0.2, 0.25) is 0 Å². The summed E-state index contributed by atoms with van der Waals surface area (Å²) in [6.07, 6.45) is 0.700. The van der Waals surface area contributed by atoms with E-state index in [2.05, 4.69) is 21.2 Å². The zero-order chi connectivity index (χ0) is 29.5. The number of hydrazine groups is 1. The van der Waals surface area contributed by atoms with Gasteiger partial charge in [0.25, 0.3) is 5.91 Å². The zero-order valence-electron chi connectivity index (χ0n) is 24.0. The maximum atomic E-state index is 13.4. The lowest BCUT2D eigenvalue weighted by atomic mass is 9.82. The van der Waals surface area contributed by atoms with Crippen molar-refractivity contribution in [2.45, 2.75) is 32.7 Å². The van der Waals surface area contributed by atoms with Gasteiger partial charge in [0.1, 0.15) is 11.6 Å². The number of anilines is 2. The summed E-state index contributed by atoms with van der Waals surface area (Å²) in [4.78, 5) is 46.1. The smallest absolute Gasteiger partial charge is 0.351 e. The first-order valence-electron chi connectivity index (χ1n) is 13.4. The van der Waals surface area contributed by atoms with E-state index >= 15 is 0 Å². The third-order valence-corrected chi connectivity index (χ3v) is 6.75. The summed E-state index contributed by atoms with van der Waals surface area (Å²) in [7, 11) is 5.46. The van der Waals surface area contributed by atoms with Gasteiger partial charge in [0.15, 0.2) is 5.82 Å². The lowest BCUT2D eigenvalue weighted by Crippen LogP contribution is -2.37. The van der Waals surface area contributed by atoms with Crippen molar-refractivity contribution in [3.63, 3.8) is 0 Å². The van der Waals surface area contributed by atoms with Crippen LogP contribution in [0.3, 0.4) is 0 Å². The van der Waals surface area contributed by atoms with Crippen molar-refractivity contribution in [3.05, 3.63) is 93.0 Å². The molecule has 0 saturated heterocycles. The Labute approximate surface area is 239 Å². The fraction of sp³-hybridized carbons (Fsp3) is 0.333. The van der Waals surface area contributed by atoms with Crippen LogP contribution >= 0.6 is 0 Å². The van der Waals surface area contributed by atoms with Gasteiger partial charge in [-0.2, -0.15) is 4.98 Å². The Hall–Kier alpha value is -4.64. The quantitative estimate of drug-likeness (QED) is 0.239. The maximum absolute atomic E-state index is 13.4. The Morgan fingerprint density at radius 2 is 1.88 bits per heavy atom. The van der Waals surface area contributed by atoms with Crippen LogP contribution in [0.15, 0.2) is 70.7 Å². The number of benzene rings is 2. The van der Waals surface area contributed by atoms with Crippen LogP contribution in [-0.4, -0.2) is 60.7 Å². The Bertz CT molecular complexity index is 1500. The molecule has 3 aromatic rings. The van der Waals surface area contributed by atoms with Crippen LogP contribution in [0.2, 0.25) is 0 Å². The predicted octanol–water partition coefficient (Wildman–Crippen LogP) is 3.36. The number of allylic oxidation sites excluding steroid dienone is 1. The highest BCUT2D eigenvalue weighted by Gasteiger charge is 2.37. The van der Waals surface area contributed by atoms with E-state index in [9.17, 15) is 14.4 Å². The van der Waals surface area contributed by atoms with Gasteiger partial charge in [-0.15, -0.1) is 0 Å². The molecule has 4 rings (SSSR count). The average molecular weight is 561 g/mol. The monoisotopic (exact) mass is 560 g/mol. The van der Waals surface area contributed by atoms with Crippen LogP contribution in [0.1, 0.15) is 47.7 Å². The van der Waals surface area contributed by atoms with Crippen molar-refractivity contribution in [1.29, 1.82) is 0 Å². The first-order chi connectivity index (χ1) is 19.7. The van der Waals surface area contributed by atoms with E-state index in [4.69, 9.17) is 9.47 Å². The molecule has 41 heavy (non-hydrogen) atoms. The number of hydrogen-bond acceptors (Lipinski definition) is 9. The Kier molecular flexibility index (Phi) is 9.41. The predicted molar refractivity (Wildman–Crippen MR) is 157 cm³/mol. The number of nitrogens with zero attached hydrogens (tertiary/aromatic N) is 3. The highest BCUT2D eigenvalue weighted by atomic mass is 16.5. The topological polar surface area (TPSA) is 127 Å². The highest BCUT2D eigenvalue weighted by Crippen LogP contribution is 2.44. The summed E-state index contributed by atoms with van der Waals surface area (Å²) in [6, 6.07) is 16.2. The molecule has 0 saturated carbocycles. The molecule has 11 heteroatoms. The SMILES string of the molecule is CCOC(=O)C1=C(C)Nc2c(c(NNC(=O)c3cccc(OC)c3)nc(=O)n2CCCN(C)C)C1c1ccccc1. The number of amides is 1. The Morgan fingerprint density at radius 3 is 2.56 bits per heavy atom. The lowest BCUT2D eigenvalue weighted by molar-refractivity contribution is -0.138. The number of ether oxygens (including phenoxy) is 2. The summed E-state index contributed by atoms with van der Waals surface area (Å²) in [5.41, 5.74) is 7.69. The number of hydrogen-bond donors (Lipinski definition) is 3. The average Bonchev–Trinajstić information content (AvgIpc) is 2.96. The number of aromatic nitrogens is 2. The number of fused-ring (bicyclic) bond motifs is 1. The highest BCUT2D eigenvalue weighted by molar-refractivity contribution is 5.97. The minimum atomic E-state index is -0.629. The van der Waals surface area contributed by atoms with E-state index in [-0.39, 0.29) is 12.4 Å². The summed E-state index contributed by atoms with van der Waals surface area (Å²) in [5.74, 6) is -0.403. The molecule has 1 aliphatic heterocycles. The molecule has 3 N–H and O–H groups in total. The van der Waals surface area contributed by atoms with Crippen LogP contribution in [0, 0.1) is 0 Å². The molecular weight excluding hydrogens is 524 g/mol. The number of carbonyl (C=O) groups excluding carboxylic acids is 2. The summed E-state index contributed by atoms with van der Waals surface area (Å²) in [6.45, 7) is 4.91. The van der Waals surface area contributed by atoms with Crippen LogP contribution in [0.4, 0.5) is 11.6 Å². The van der Waals surface area contributed by atoms with E-state index in [1.807, 2.05) is 49.3 Å². The molecule has 1 atom stereocenters. The molecule has 1 aliphatic rings. The van der Waals surface area contributed by atoms with Crippen molar-refractivity contribution >= 4 is 23.5 Å². The van der Waals surface area contributed by atoms with Gasteiger partial charge in [0.05, 0.1) is 25.2 Å². The minimum Gasteiger partial charge on any atom is -0.497 e. The molecule has 216 valence electrons. The second kappa shape index (κ2) is 13.1. The van der Waals surface area contributed by atoms with Gasteiger partial charge >= 0.3 is 11.7 Å². The molecule has 0 spiro atoms. The van der Waals surface area contributed by atoms with Crippen LogP contribution in [0.5, 0.6) is 5.75 Å². The Balaban J connectivity index is 1.84. The van der Waals surface area contributed by atoms with Gasteiger partial charge in [-0.05, 0) is 64.7 Å². The summed E-state index contributed by atoms with van der Waals surface area (Å²) >= 11 is 0. The van der Waals surface area contributed by atoms with E-state index in [1.165, 1.54) is 7.11 Å². The molecule has 1 aromatic heterocycles. The van der Waals surface area contributed by atoms with E-state index < -0.39 is 23.5 Å². The standard InChI is InChI=1S/C30H36N6O5/c1-6-41-29(38)23-19(2)31-27-25(24(23)20-12-8-7-9-13-20)26(32-30(39)36(27)17-11-16-35(3)4)33-34-28(37)21-14-10-15-22(18-21)40-5/h7-10,12-15,18,24,31H,6,11,16-17H2,1-5H3,(H,34,37)(H,32,33,39). The summed E-state index contributed by atoms with van der Waals surface area (Å²) < 4.78 is 12.3. The minimum absolute atomic E-state index is 0.126. The molecule has 0 bridgehead atoms. The first kappa shape index (κ1) is 29.3. The fourth-order valence-corrected chi connectivity index (χ4v) is 4.84. The zero-order valence-corrected chi connectivity index (χ0v) is 24.0. The number of esters is 1. The summed E-state index contributed by atoms with van der Waals surface area (Å²) in [5, 5.41) is 3.29. The second-order valence-corrected chi connectivity index (χ2v) is 9.85. The van der Waals surface area contributed by atoms with Crippen LogP contribution in [0.25, 0.3) is 0 Å². The largest absolute Gasteiger partial charge is 0.497 e. The molecule has 2 aromatic carbocycles. The molecule has 0 aliphatic carbocycles. The molecule has 2 heterocycles. The Morgan fingerprint density at radius 1 is 1.12 bits per heavy atom. The van der Waals surface area contributed by atoms with Gasteiger partial charge < -0.3 is 19.7 Å². The lowest BCUT2D eigenvalue weighted by Gasteiger charge is -2.33. The van der Waals surface area contributed by atoms with Crippen molar-refractivity contribution in [2.75, 3.05) is 45.1 Å². The third kappa shape index (κ3) is 6.58. The molecular formula is C30H36N6O5. The van der Waals surface area contributed by atoms with Crippen LogP contribution < -0.4 is 26.6 Å². The molecule has 0 radical (unpaired) electrons. The number of methoxy groups -OCH3 is 1. The first-order valence-corrected chi connectivity index (χ1v) is 13.4. The van der Waals surface area contributed by atoms with Gasteiger partial charge in [0, 0.05) is 23.4 Å². The van der Waals surface area contributed by atoms with Gasteiger partial charge in [-0.25, -0.2) is 9.59 Å². The van der Waals surface area contributed by atoms with Crippen molar-refractivity contribution in [1.82, 2.24) is 19.9 Å². The van der Waals surface area contributed by atoms with Crippen molar-refractivity contribution < 1.29 is 19.1 Å². The fourth-order valence-electron chi connectivity index (χ4n) is 4.84. The van der Waals surface area contributed by atoms with E-state index in [1.54, 1.807) is 42.7 Å².